The summed E-state index contributed by atoms with van der Waals surface area (Å²) in [5.74, 6) is 5.37. The molecular weight excluding hydrogens is 639 g/mol. The summed E-state index contributed by atoms with van der Waals surface area (Å²) in [5, 5.41) is 36.0. The van der Waals surface area contributed by atoms with Gasteiger partial charge in [0, 0.05) is 0 Å². The van der Waals surface area contributed by atoms with Crippen LogP contribution in [0.5, 0.6) is 0 Å². The summed E-state index contributed by atoms with van der Waals surface area (Å²) in [5.41, 5.74) is 0.940. The van der Waals surface area contributed by atoms with Crippen molar-refractivity contribution in [3.8, 4) is 0 Å². The summed E-state index contributed by atoms with van der Waals surface area (Å²) in [6, 6.07) is 6.74. The number of imide groups is 1. The number of carbonyl (C=O) groups excluding carboxylic acids is 2. The minimum atomic E-state index is -0.300. The maximum Gasteiger partial charge on any atom is 0.258 e. The average molecular weight is 700 g/mol. The molecule has 278 valence electrons. The molecule has 4 aliphatic carbocycles. The van der Waals surface area contributed by atoms with Crippen LogP contribution in [0.1, 0.15) is 123 Å². The molecule has 5 saturated heterocycles. The third-order valence-corrected chi connectivity index (χ3v) is 15.4. The predicted molar refractivity (Wildman–Crippen MR) is 195 cm³/mol. The average Bonchev–Trinajstić information content (AvgIpc) is 3.96. The van der Waals surface area contributed by atoms with Crippen LogP contribution in [0.25, 0.3) is 0 Å². The van der Waals surface area contributed by atoms with Gasteiger partial charge in [0.2, 0.25) is 0 Å². The molecule has 51 heavy (non-hydrogen) atoms. The molecule has 8 atom stereocenters. The van der Waals surface area contributed by atoms with Crippen LogP contribution < -0.4 is 47.9 Å². The molecule has 0 radical (unpaired) electrons. The van der Waals surface area contributed by atoms with E-state index in [-0.39, 0.29) is 11.8 Å². The van der Waals surface area contributed by atoms with Gasteiger partial charge in [0.15, 0.2) is 0 Å². The Kier molecular flexibility index (Phi) is 9.24. The highest BCUT2D eigenvalue weighted by Crippen LogP contribution is 2.45. The van der Waals surface area contributed by atoms with Crippen LogP contribution >= 0.6 is 0 Å². The van der Waals surface area contributed by atoms with Crippen molar-refractivity contribution < 1.29 is 9.59 Å². The Hall–Kier alpha value is -1.96. The topological polar surface area (TPSA) is 142 Å². The maximum absolute atomic E-state index is 10.9. The molecule has 4 saturated carbocycles. The van der Waals surface area contributed by atoms with Crippen molar-refractivity contribution in [3.63, 3.8) is 0 Å². The molecular formula is C40H61N9O2. The highest BCUT2D eigenvalue weighted by atomic mass is 16.2. The first-order valence-corrected chi connectivity index (χ1v) is 21.1. The van der Waals surface area contributed by atoms with Crippen molar-refractivity contribution in [2.75, 3.05) is 0 Å². The molecule has 9 fully saturated rings. The summed E-state index contributed by atoms with van der Waals surface area (Å²) < 4.78 is 0. The van der Waals surface area contributed by atoms with E-state index in [0.717, 1.165) is 47.3 Å². The number of amides is 2. The Bertz CT molecular complexity index is 1220. The SMILES string of the molecule is C1CCC2C3NC(NC4NC(NC5NC(NC6NC(N3)C3CCCCC63)C3CCCCC53)C3CCCCC43)C2C1.O=C1NC(=O)c2ccccc21. The Balaban J connectivity index is 0.000000254. The molecule has 2 amide bonds. The van der Waals surface area contributed by atoms with Gasteiger partial charge in [-0.25, -0.2) is 0 Å². The van der Waals surface area contributed by atoms with Crippen molar-refractivity contribution in [1.82, 2.24) is 47.9 Å². The molecule has 8 bridgehead atoms. The van der Waals surface area contributed by atoms with Crippen molar-refractivity contribution in [3.05, 3.63) is 35.4 Å². The second-order valence-corrected chi connectivity index (χ2v) is 17.9. The number of fused-ring (bicyclic) bond motifs is 21. The standard InChI is InChI=1S/C32H56N8.C8H5NO2/c1-2-10-18-17(9-1)25-33-26(18)38-28-21-13-5-6-14-22(21)30(35-28)40-32-24-16-8-7-15-23(24)31(36-32)39-29-20-12-4-3-11-19(20)27(34-29)37-25;10-7-5-3-1-2-4-6(5)8(11)9-7/h17-40H,1-16H2;1-4H,(H,9,10,11). The van der Waals surface area contributed by atoms with E-state index < -0.39 is 0 Å². The summed E-state index contributed by atoms with van der Waals surface area (Å²) in [6.07, 6.45) is 25.6. The number of benzene rings is 1. The fraction of sp³-hybridized carbons (Fsp3) is 0.800. The molecule has 1 aromatic carbocycles. The summed E-state index contributed by atoms with van der Waals surface area (Å²) in [4.78, 5) is 21.9. The smallest absolute Gasteiger partial charge is 0.258 e. The molecule has 0 aromatic heterocycles. The number of rotatable bonds is 0. The minimum absolute atomic E-state index is 0.300. The summed E-state index contributed by atoms with van der Waals surface area (Å²) in [7, 11) is 0. The first-order valence-electron chi connectivity index (χ1n) is 21.1. The van der Waals surface area contributed by atoms with Gasteiger partial charge in [-0.15, -0.1) is 0 Å². The number of hydrogen-bond donors (Lipinski definition) is 9. The number of nitrogens with one attached hydrogen (secondary N) is 9. The summed E-state index contributed by atoms with van der Waals surface area (Å²) in [6.45, 7) is 0. The molecule has 11 heteroatoms. The third kappa shape index (κ3) is 6.12. The maximum atomic E-state index is 10.9. The zero-order chi connectivity index (χ0) is 34.1. The van der Waals surface area contributed by atoms with E-state index in [1.54, 1.807) is 24.3 Å². The van der Waals surface area contributed by atoms with Crippen LogP contribution in [0.3, 0.4) is 0 Å². The van der Waals surface area contributed by atoms with Gasteiger partial charge >= 0.3 is 0 Å². The Morgan fingerprint density at radius 2 is 0.529 bits per heavy atom. The van der Waals surface area contributed by atoms with E-state index in [0.29, 0.717) is 60.5 Å². The second-order valence-electron chi connectivity index (χ2n) is 17.9. The van der Waals surface area contributed by atoms with Gasteiger partial charge in [-0.2, -0.15) is 0 Å². The monoisotopic (exact) mass is 699 g/mol. The van der Waals surface area contributed by atoms with Gasteiger partial charge < -0.3 is 0 Å². The largest absolute Gasteiger partial charge is 0.288 e. The highest BCUT2D eigenvalue weighted by Gasteiger charge is 2.54. The minimum Gasteiger partial charge on any atom is -0.288 e. The van der Waals surface area contributed by atoms with E-state index in [1.165, 1.54) is 103 Å². The van der Waals surface area contributed by atoms with Gasteiger partial charge in [-0.3, -0.25) is 57.4 Å². The molecule has 6 heterocycles. The van der Waals surface area contributed by atoms with Crippen LogP contribution in [0, 0.1) is 47.3 Å². The molecule has 10 aliphatic rings. The van der Waals surface area contributed by atoms with Gasteiger partial charge in [-0.05, 0) is 111 Å². The van der Waals surface area contributed by atoms with Gasteiger partial charge in [0.1, 0.15) is 0 Å². The molecule has 11 nitrogen and oxygen atoms in total. The summed E-state index contributed by atoms with van der Waals surface area (Å²) >= 11 is 0. The van der Waals surface area contributed by atoms with Crippen LogP contribution in [0.15, 0.2) is 24.3 Å². The number of carbonyl (C=O) groups is 2. The Morgan fingerprint density at radius 3 is 0.725 bits per heavy atom. The van der Waals surface area contributed by atoms with Crippen LogP contribution in [-0.2, 0) is 0 Å². The van der Waals surface area contributed by atoms with E-state index in [9.17, 15) is 9.59 Å². The lowest BCUT2D eigenvalue weighted by atomic mass is 9.76. The van der Waals surface area contributed by atoms with E-state index in [4.69, 9.17) is 0 Å². The fourth-order valence-electron chi connectivity index (χ4n) is 13.1. The Labute approximate surface area is 303 Å². The number of hydrogen-bond acceptors (Lipinski definition) is 10. The normalized spacial score (nSPS) is 48.3. The first kappa shape index (κ1) is 33.6. The predicted octanol–water partition coefficient (Wildman–Crippen LogP) is 3.18. The van der Waals surface area contributed by atoms with Gasteiger partial charge in [0.25, 0.3) is 11.8 Å². The lowest BCUT2D eigenvalue weighted by Gasteiger charge is -2.35. The fourth-order valence-corrected chi connectivity index (χ4v) is 13.1. The van der Waals surface area contributed by atoms with Crippen molar-refractivity contribution in [1.29, 1.82) is 0 Å². The second kappa shape index (κ2) is 14.0. The highest BCUT2D eigenvalue weighted by molar-refractivity contribution is 6.21. The van der Waals surface area contributed by atoms with Crippen molar-refractivity contribution >= 4 is 11.8 Å². The molecule has 11 rings (SSSR count). The molecule has 1 aromatic rings. The van der Waals surface area contributed by atoms with Crippen molar-refractivity contribution in [2.24, 2.45) is 47.3 Å². The van der Waals surface area contributed by atoms with E-state index in [1.807, 2.05) is 0 Å². The molecule has 8 unspecified atom stereocenters. The van der Waals surface area contributed by atoms with Crippen LogP contribution in [0.2, 0.25) is 0 Å². The zero-order valence-corrected chi connectivity index (χ0v) is 30.2. The third-order valence-electron chi connectivity index (χ3n) is 15.4. The zero-order valence-electron chi connectivity index (χ0n) is 30.2. The molecule has 0 spiro atoms. The van der Waals surface area contributed by atoms with Gasteiger partial charge in [0.05, 0.1) is 60.5 Å². The molecule has 6 aliphatic heterocycles. The van der Waals surface area contributed by atoms with E-state index >= 15 is 0 Å². The molecule has 9 N–H and O–H groups in total. The first-order chi connectivity index (χ1) is 25.1. The Morgan fingerprint density at radius 1 is 0.333 bits per heavy atom. The lowest BCUT2D eigenvalue weighted by molar-refractivity contribution is 0.0879. The lowest BCUT2D eigenvalue weighted by Crippen LogP contribution is -2.61. The van der Waals surface area contributed by atoms with Crippen LogP contribution in [0.4, 0.5) is 0 Å². The quantitative estimate of drug-likeness (QED) is 0.186. The van der Waals surface area contributed by atoms with E-state index in [2.05, 4.69) is 47.9 Å². The van der Waals surface area contributed by atoms with Gasteiger partial charge in [-0.1, -0.05) is 63.5 Å². The van der Waals surface area contributed by atoms with Crippen molar-refractivity contribution in [2.45, 2.75) is 152 Å². The van der Waals surface area contributed by atoms with Crippen LogP contribution in [-0.4, -0.2) is 61.1 Å².